The van der Waals surface area contributed by atoms with Gasteiger partial charge in [0.05, 0.1) is 22.3 Å². The summed E-state index contributed by atoms with van der Waals surface area (Å²) in [5, 5.41) is 15.4. The molecule has 76 heavy (non-hydrogen) atoms. The molecule has 8 heterocycles. The summed E-state index contributed by atoms with van der Waals surface area (Å²) in [5.41, 5.74) is 16.1. The number of aromatic amines is 2. The number of anilines is 4. The van der Waals surface area contributed by atoms with Crippen molar-refractivity contribution in [3.05, 3.63) is 221 Å². The summed E-state index contributed by atoms with van der Waals surface area (Å²) in [6.45, 7) is 5.69. The number of hydrogen-bond acceptors (Lipinski definition) is 8. The van der Waals surface area contributed by atoms with Gasteiger partial charge in [-0.1, -0.05) is 84.9 Å². The van der Waals surface area contributed by atoms with Crippen molar-refractivity contribution in [2.24, 2.45) is 0 Å². The highest BCUT2D eigenvalue weighted by Crippen LogP contribution is 2.44. The standard InChI is InChI=1S/C31H29N5O2.C31H23N5O2/c2*1-19-27(31(38)35-22-12-16-33-17-13-22)28(21-6-3-2-4-7-21)26(34-19)18-24-29-23(20-10-14-32-15-11-20)8-5-9-25(29)36-30(24)37/h2-9,12-13,16-18,20,32,34H,10-11,14-15H2,1H3,(H,36,37)(H,33,35,38);2-18,34H,1H3,(H,36,37)(H,33,35,38)/b2*24-18-. The average molecular weight is 1000 g/mol. The molecule has 0 atom stereocenters. The van der Waals surface area contributed by atoms with Crippen molar-refractivity contribution < 1.29 is 19.2 Å². The number of nitrogens with zero attached hydrogens (tertiary/aromatic N) is 3. The summed E-state index contributed by atoms with van der Waals surface area (Å²) >= 11 is 0. The van der Waals surface area contributed by atoms with Crippen molar-refractivity contribution in [1.29, 1.82) is 0 Å². The van der Waals surface area contributed by atoms with Crippen molar-refractivity contribution in [3.8, 4) is 33.4 Å². The fourth-order valence-corrected chi connectivity index (χ4v) is 10.5. The molecule has 0 spiro atoms. The number of piperidine rings is 1. The van der Waals surface area contributed by atoms with E-state index in [1.54, 1.807) is 61.4 Å². The van der Waals surface area contributed by atoms with Gasteiger partial charge in [-0.25, -0.2) is 0 Å². The highest BCUT2D eigenvalue weighted by Gasteiger charge is 2.33. The van der Waals surface area contributed by atoms with Crippen molar-refractivity contribution in [2.45, 2.75) is 32.6 Å². The number of fused-ring (bicyclic) bond motifs is 2. The molecule has 9 aromatic rings. The number of nitrogens with one attached hydrogen (secondary N) is 7. The van der Waals surface area contributed by atoms with Gasteiger partial charge in [0.15, 0.2) is 0 Å². The van der Waals surface area contributed by atoms with Crippen LogP contribution in [-0.4, -0.2) is 61.6 Å². The van der Waals surface area contributed by atoms with E-state index in [2.05, 4.69) is 57.6 Å². The largest absolute Gasteiger partial charge is 0.358 e. The lowest BCUT2D eigenvalue weighted by molar-refractivity contribution is -0.111. The highest BCUT2D eigenvalue weighted by atomic mass is 16.2. The maximum atomic E-state index is 13.5. The number of carbonyl (C=O) groups excluding carboxylic acids is 4. The summed E-state index contributed by atoms with van der Waals surface area (Å²) in [5.74, 6) is -0.406. The van der Waals surface area contributed by atoms with Gasteiger partial charge < -0.3 is 36.6 Å². The monoisotopic (exact) mass is 1000 g/mol. The first-order valence-corrected chi connectivity index (χ1v) is 25.1. The number of aromatic nitrogens is 5. The molecule has 12 rings (SSSR count). The normalized spacial score (nSPS) is 14.8. The van der Waals surface area contributed by atoms with E-state index in [1.165, 1.54) is 5.56 Å². The van der Waals surface area contributed by atoms with Crippen LogP contribution in [-0.2, 0) is 9.59 Å². The molecular weight excluding hydrogens is 949 g/mol. The van der Waals surface area contributed by atoms with Gasteiger partial charge in [0.1, 0.15) is 0 Å². The van der Waals surface area contributed by atoms with E-state index in [1.807, 2.05) is 129 Å². The second-order valence-electron chi connectivity index (χ2n) is 18.7. The quantitative estimate of drug-likeness (QED) is 0.0657. The van der Waals surface area contributed by atoms with Gasteiger partial charge >= 0.3 is 0 Å². The van der Waals surface area contributed by atoms with Crippen LogP contribution in [0.1, 0.15) is 78.9 Å². The zero-order chi connectivity index (χ0) is 52.1. The predicted molar refractivity (Wildman–Crippen MR) is 300 cm³/mol. The Bertz CT molecular complexity index is 3710. The lowest BCUT2D eigenvalue weighted by Crippen LogP contribution is -2.27. The van der Waals surface area contributed by atoms with E-state index in [0.29, 0.717) is 51.0 Å². The first kappa shape index (κ1) is 48.5. The first-order valence-electron chi connectivity index (χ1n) is 25.1. The van der Waals surface area contributed by atoms with Crippen molar-refractivity contribution in [2.75, 3.05) is 34.4 Å². The maximum absolute atomic E-state index is 13.5. The van der Waals surface area contributed by atoms with E-state index in [0.717, 1.165) is 93.2 Å². The topological polar surface area (TPSA) is 199 Å². The number of hydrogen-bond donors (Lipinski definition) is 7. The molecule has 374 valence electrons. The van der Waals surface area contributed by atoms with Crippen LogP contribution in [0.4, 0.5) is 22.7 Å². The van der Waals surface area contributed by atoms with E-state index < -0.39 is 0 Å². The lowest BCUT2D eigenvalue weighted by atomic mass is 9.84. The van der Waals surface area contributed by atoms with Gasteiger partial charge in [0.25, 0.3) is 23.6 Å². The maximum Gasteiger partial charge on any atom is 0.258 e. The van der Waals surface area contributed by atoms with Crippen LogP contribution in [0.2, 0.25) is 0 Å². The number of carbonyl (C=O) groups is 4. The van der Waals surface area contributed by atoms with Crippen molar-refractivity contribution in [1.82, 2.24) is 30.2 Å². The second-order valence-corrected chi connectivity index (χ2v) is 18.7. The fourth-order valence-electron chi connectivity index (χ4n) is 10.5. The minimum atomic E-state index is -0.248. The highest BCUT2D eigenvalue weighted by molar-refractivity contribution is 6.37. The number of amides is 4. The number of pyridine rings is 3. The molecule has 7 N–H and O–H groups in total. The molecule has 0 radical (unpaired) electrons. The Morgan fingerprint density at radius 2 is 0.947 bits per heavy atom. The van der Waals surface area contributed by atoms with Crippen molar-refractivity contribution in [3.63, 3.8) is 0 Å². The minimum absolute atomic E-state index is 0.129. The molecule has 1 fully saturated rings. The van der Waals surface area contributed by atoms with Crippen molar-refractivity contribution >= 4 is 69.7 Å². The van der Waals surface area contributed by atoms with Crippen LogP contribution in [0.3, 0.4) is 0 Å². The summed E-state index contributed by atoms with van der Waals surface area (Å²) in [4.78, 5) is 72.6. The molecule has 4 amide bonds. The predicted octanol–water partition coefficient (Wildman–Crippen LogP) is 11.8. The number of aryl methyl sites for hydroxylation is 2. The number of benzene rings is 4. The van der Waals surface area contributed by atoms with Gasteiger partial charge in [-0.2, -0.15) is 0 Å². The average Bonchev–Trinajstić information content (AvgIpc) is 4.18. The Morgan fingerprint density at radius 1 is 0.500 bits per heavy atom. The van der Waals surface area contributed by atoms with Crippen LogP contribution in [0.25, 0.3) is 56.7 Å². The van der Waals surface area contributed by atoms with Gasteiger partial charge in [-0.15, -0.1) is 0 Å². The third-order valence-corrected chi connectivity index (χ3v) is 13.9. The summed E-state index contributed by atoms with van der Waals surface area (Å²) in [6, 6.07) is 42.3. The summed E-state index contributed by atoms with van der Waals surface area (Å²) < 4.78 is 0. The SMILES string of the molecule is Cc1[nH]c(/C=C2\C(=O)Nc3cccc(-c4ccncc4)c32)c(-c2ccccc2)c1C(=O)Nc1ccncc1.Cc1[nH]c(/C=C2\C(=O)Nc3cccc(C4CCNCC4)c32)c(-c2ccccc2)c1C(=O)Nc1ccncc1. The molecule has 4 aromatic carbocycles. The molecule has 0 unspecified atom stereocenters. The van der Waals surface area contributed by atoms with Crippen LogP contribution in [0, 0.1) is 13.8 Å². The van der Waals surface area contributed by atoms with Crippen LogP contribution in [0.15, 0.2) is 171 Å². The summed E-state index contributed by atoms with van der Waals surface area (Å²) in [6.07, 6.45) is 15.8. The van der Waals surface area contributed by atoms with Crippen LogP contribution >= 0.6 is 0 Å². The second kappa shape index (κ2) is 21.4. The van der Waals surface area contributed by atoms with Gasteiger partial charge in [0, 0.05) is 105 Å². The van der Waals surface area contributed by atoms with E-state index in [9.17, 15) is 19.2 Å². The molecular formula is C62H52N10O4. The summed E-state index contributed by atoms with van der Waals surface area (Å²) in [7, 11) is 0. The molecule has 14 nitrogen and oxygen atoms in total. The Labute approximate surface area is 438 Å². The molecule has 5 aromatic heterocycles. The van der Waals surface area contributed by atoms with Gasteiger partial charge in [-0.3, -0.25) is 34.1 Å². The van der Waals surface area contributed by atoms with Gasteiger partial charge in [-0.05, 0) is 134 Å². The third-order valence-electron chi connectivity index (χ3n) is 13.9. The van der Waals surface area contributed by atoms with E-state index in [-0.39, 0.29) is 23.6 Å². The fraction of sp³-hybridized carbons (Fsp3) is 0.113. The zero-order valence-electron chi connectivity index (χ0n) is 41.7. The minimum Gasteiger partial charge on any atom is -0.358 e. The molecule has 0 aliphatic carbocycles. The molecule has 0 bridgehead atoms. The van der Waals surface area contributed by atoms with Crippen LogP contribution < -0.4 is 26.6 Å². The molecule has 0 saturated carbocycles. The molecule has 1 saturated heterocycles. The smallest absolute Gasteiger partial charge is 0.258 e. The number of rotatable bonds is 10. The number of H-pyrrole nitrogens is 2. The van der Waals surface area contributed by atoms with Gasteiger partial charge in [0.2, 0.25) is 0 Å². The molecule has 3 aliphatic heterocycles. The molecule has 3 aliphatic rings. The van der Waals surface area contributed by atoms with E-state index >= 15 is 0 Å². The lowest BCUT2D eigenvalue weighted by Gasteiger charge is -2.25. The Balaban J connectivity index is 0.000000162. The zero-order valence-corrected chi connectivity index (χ0v) is 41.7. The Hall–Kier alpha value is -9.79. The first-order chi connectivity index (χ1) is 37.2. The Morgan fingerprint density at radius 3 is 1.45 bits per heavy atom. The van der Waals surface area contributed by atoms with Crippen LogP contribution in [0.5, 0.6) is 0 Å². The third kappa shape index (κ3) is 9.75. The Kier molecular flexibility index (Phi) is 13.6. The van der Waals surface area contributed by atoms with E-state index in [4.69, 9.17) is 0 Å². The molecule has 14 heteroatoms.